The minimum absolute atomic E-state index is 0.0998. The fraction of sp³-hybridized carbons (Fsp3) is 0.286. The number of hydrogen-bond donors (Lipinski definition) is 2. The van der Waals surface area contributed by atoms with Crippen molar-refractivity contribution in [2.24, 2.45) is 11.8 Å². The fourth-order valence-corrected chi connectivity index (χ4v) is 5.92. The molecular weight excluding hydrogens is 488 g/mol. The molecule has 2 N–H and O–H groups in total. The summed E-state index contributed by atoms with van der Waals surface area (Å²) in [6.07, 6.45) is 3.51. The summed E-state index contributed by atoms with van der Waals surface area (Å²) in [4.78, 5) is 36.5. The van der Waals surface area contributed by atoms with Crippen molar-refractivity contribution in [3.8, 4) is 0 Å². The Morgan fingerprint density at radius 1 is 0.722 bits per heavy atom. The zero-order chi connectivity index (χ0) is 25.7. The van der Waals surface area contributed by atoms with Crippen molar-refractivity contribution in [3.63, 3.8) is 0 Å². The number of nitrogens with zero attached hydrogens (tertiary/aromatic N) is 2. The second kappa shape index (κ2) is 11.8. The SMILES string of the molecule is CC(C)CNC(=O)c1cc(SSc2cc(C(=O)NCC(C)C)cc3cccnc23)c2ncccc2c1. The van der Waals surface area contributed by atoms with E-state index in [0.717, 1.165) is 31.6 Å². The molecule has 0 bridgehead atoms. The lowest BCUT2D eigenvalue weighted by molar-refractivity contribution is 0.0941. The first-order chi connectivity index (χ1) is 17.3. The number of hydrogen-bond acceptors (Lipinski definition) is 6. The molecule has 2 aromatic carbocycles. The number of benzene rings is 2. The average Bonchev–Trinajstić information content (AvgIpc) is 2.88. The molecule has 0 saturated carbocycles. The molecule has 0 aliphatic heterocycles. The first kappa shape index (κ1) is 26.0. The van der Waals surface area contributed by atoms with Crippen LogP contribution in [0.3, 0.4) is 0 Å². The number of nitrogens with one attached hydrogen (secondary N) is 2. The Hall–Kier alpha value is -3.10. The molecule has 0 saturated heterocycles. The predicted octanol–water partition coefficient (Wildman–Crippen LogP) is 6.35. The van der Waals surface area contributed by atoms with Gasteiger partial charge in [-0.25, -0.2) is 0 Å². The van der Waals surface area contributed by atoms with Gasteiger partial charge in [0.15, 0.2) is 0 Å². The normalized spacial score (nSPS) is 11.4. The van der Waals surface area contributed by atoms with Crippen LogP contribution in [-0.2, 0) is 0 Å². The van der Waals surface area contributed by atoms with Crippen LogP contribution in [0.4, 0.5) is 0 Å². The number of fused-ring (bicyclic) bond motifs is 2. The van der Waals surface area contributed by atoms with Gasteiger partial charge in [-0.1, -0.05) is 61.4 Å². The lowest BCUT2D eigenvalue weighted by Crippen LogP contribution is -2.27. The van der Waals surface area contributed by atoms with E-state index in [2.05, 4.69) is 48.3 Å². The monoisotopic (exact) mass is 518 g/mol. The van der Waals surface area contributed by atoms with Gasteiger partial charge in [-0.15, -0.1) is 0 Å². The van der Waals surface area contributed by atoms with E-state index in [0.29, 0.717) is 36.1 Å². The summed E-state index contributed by atoms with van der Waals surface area (Å²) in [7, 11) is 3.03. The van der Waals surface area contributed by atoms with Crippen LogP contribution >= 0.6 is 21.6 Å². The maximum atomic E-state index is 12.8. The van der Waals surface area contributed by atoms with Crippen molar-refractivity contribution in [2.45, 2.75) is 37.5 Å². The summed E-state index contributed by atoms with van der Waals surface area (Å²) in [5, 5.41) is 7.81. The van der Waals surface area contributed by atoms with Crippen LogP contribution in [0.25, 0.3) is 21.8 Å². The topological polar surface area (TPSA) is 84.0 Å². The predicted molar refractivity (Wildman–Crippen MR) is 150 cm³/mol. The lowest BCUT2D eigenvalue weighted by Gasteiger charge is -2.12. The van der Waals surface area contributed by atoms with Crippen molar-refractivity contribution >= 4 is 55.2 Å². The minimum atomic E-state index is -0.0998. The van der Waals surface area contributed by atoms with E-state index in [1.54, 1.807) is 12.4 Å². The average molecular weight is 519 g/mol. The fourth-order valence-electron chi connectivity index (χ4n) is 3.59. The van der Waals surface area contributed by atoms with Gasteiger partial charge in [-0.05, 0) is 48.2 Å². The zero-order valence-electron chi connectivity index (χ0n) is 20.9. The number of amides is 2. The third kappa shape index (κ3) is 6.36. The number of carbonyl (C=O) groups excluding carboxylic acids is 2. The van der Waals surface area contributed by atoms with Gasteiger partial charge in [0.05, 0.1) is 11.0 Å². The maximum Gasteiger partial charge on any atom is 0.251 e. The second-order valence-electron chi connectivity index (χ2n) is 9.47. The standard InChI is InChI=1S/C28H30N4O2S2/c1-17(2)15-31-27(33)21-11-19-7-5-9-29-25(19)23(13-21)35-36-24-14-22(28(34)32-16-18(3)4)12-20-8-6-10-30-26(20)24/h5-14,17-18H,15-16H2,1-4H3,(H,31,33)(H,32,34). The van der Waals surface area contributed by atoms with Crippen molar-refractivity contribution in [3.05, 3.63) is 72.1 Å². The molecule has 0 aliphatic carbocycles. The number of rotatable bonds is 9. The smallest absolute Gasteiger partial charge is 0.251 e. The molecule has 186 valence electrons. The summed E-state index contributed by atoms with van der Waals surface area (Å²) in [5.74, 6) is 0.534. The maximum absolute atomic E-state index is 12.8. The Morgan fingerprint density at radius 3 is 1.53 bits per heavy atom. The Kier molecular flexibility index (Phi) is 8.48. The third-order valence-corrected chi connectivity index (χ3v) is 7.82. The molecule has 2 heterocycles. The van der Waals surface area contributed by atoms with Crippen LogP contribution in [-0.4, -0.2) is 34.9 Å². The number of aromatic nitrogens is 2. The second-order valence-corrected chi connectivity index (χ2v) is 11.7. The molecule has 4 aromatic rings. The van der Waals surface area contributed by atoms with Crippen LogP contribution in [0.15, 0.2) is 70.7 Å². The van der Waals surface area contributed by atoms with E-state index < -0.39 is 0 Å². The van der Waals surface area contributed by atoms with E-state index in [1.807, 2.05) is 48.5 Å². The van der Waals surface area contributed by atoms with Gasteiger partial charge in [0.2, 0.25) is 0 Å². The Bertz CT molecular complexity index is 1300. The Balaban J connectivity index is 1.66. The molecule has 36 heavy (non-hydrogen) atoms. The van der Waals surface area contributed by atoms with Gasteiger partial charge in [0.1, 0.15) is 0 Å². The highest BCUT2D eigenvalue weighted by molar-refractivity contribution is 8.76. The first-order valence-electron chi connectivity index (χ1n) is 12.0. The van der Waals surface area contributed by atoms with E-state index in [1.165, 1.54) is 21.6 Å². The lowest BCUT2D eigenvalue weighted by atomic mass is 10.1. The molecule has 0 spiro atoms. The Morgan fingerprint density at radius 2 is 1.14 bits per heavy atom. The van der Waals surface area contributed by atoms with Crippen molar-refractivity contribution < 1.29 is 9.59 Å². The molecule has 8 heteroatoms. The summed E-state index contributed by atoms with van der Waals surface area (Å²) < 4.78 is 0. The summed E-state index contributed by atoms with van der Waals surface area (Å²) in [5.41, 5.74) is 2.87. The van der Waals surface area contributed by atoms with Crippen LogP contribution in [0.1, 0.15) is 48.4 Å². The summed E-state index contributed by atoms with van der Waals surface area (Å²) >= 11 is 0. The zero-order valence-corrected chi connectivity index (χ0v) is 22.5. The van der Waals surface area contributed by atoms with Crippen LogP contribution in [0, 0.1) is 11.8 Å². The molecule has 0 aliphatic rings. The van der Waals surface area contributed by atoms with E-state index >= 15 is 0 Å². The highest BCUT2D eigenvalue weighted by atomic mass is 33.1. The van der Waals surface area contributed by atoms with Gasteiger partial charge >= 0.3 is 0 Å². The summed E-state index contributed by atoms with van der Waals surface area (Å²) in [6.45, 7) is 9.50. The van der Waals surface area contributed by atoms with Gasteiger partial charge < -0.3 is 10.6 Å². The van der Waals surface area contributed by atoms with Crippen LogP contribution < -0.4 is 10.6 Å². The van der Waals surface area contributed by atoms with E-state index in [9.17, 15) is 9.59 Å². The van der Waals surface area contributed by atoms with Gasteiger partial charge in [0, 0.05) is 57.2 Å². The van der Waals surface area contributed by atoms with Gasteiger partial charge in [-0.3, -0.25) is 19.6 Å². The highest BCUT2D eigenvalue weighted by Gasteiger charge is 2.16. The van der Waals surface area contributed by atoms with E-state index in [4.69, 9.17) is 0 Å². The number of pyridine rings is 2. The van der Waals surface area contributed by atoms with Crippen LogP contribution in [0.5, 0.6) is 0 Å². The quantitative estimate of drug-likeness (QED) is 0.251. The largest absolute Gasteiger partial charge is 0.352 e. The van der Waals surface area contributed by atoms with Crippen molar-refractivity contribution in [1.29, 1.82) is 0 Å². The van der Waals surface area contributed by atoms with Gasteiger partial charge in [-0.2, -0.15) is 0 Å². The van der Waals surface area contributed by atoms with Crippen LogP contribution in [0.2, 0.25) is 0 Å². The molecule has 2 amide bonds. The van der Waals surface area contributed by atoms with E-state index in [-0.39, 0.29) is 11.8 Å². The van der Waals surface area contributed by atoms with Gasteiger partial charge in [0.25, 0.3) is 11.8 Å². The highest BCUT2D eigenvalue weighted by Crippen LogP contribution is 2.43. The molecule has 0 fully saturated rings. The van der Waals surface area contributed by atoms with Crippen molar-refractivity contribution in [1.82, 2.24) is 20.6 Å². The molecule has 0 unspecified atom stereocenters. The number of carbonyl (C=O) groups is 2. The molecule has 6 nitrogen and oxygen atoms in total. The Labute approximate surface area is 219 Å². The first-order valence-corrected chi connectivity index (χ1v) is 14.1. The van der Waals surface area contributed by atoms with Crippen molar-refractivity contribution in [2.75, 3.05) is 13.1 Å². The molecule has 0 atom stereocenters. The molecule has 0 radical (unpaired) electrons. The summed E-state index contributed by atoms with van der Waals surface area (Å²) in [6, 6.07) is 15.2. The molecular formula is C28H30N4O2S2. The molecule has 2 aromatic heterocycles. The third-order valence-electron chi connectivity index (χ3n) is 5.43. The molecule has 4 rings (SSSR count). The minimum Gasteiger partial charge on any atom is -0.352 e.